The number of hydrogen-bond acceptors (Lipinski definition) is 5. The highest BCUT2D eigenvalue weighted by atomic mass is 32.2. The Morgan fingerprint density at radius 3 is 2.76 bits per heavy atom. The highest BCUT2D eigenvalue weighted by Crippen LogP contribution is 2.20. The highest BCUT2D eigenvalue weighted by Gasteiger charge is 2.18. The van der Waals surface area contributed by atoms with Crippen LogP contribution in [0.25, 0.3) is 0 Å². The number of hydrogen-bond donors (Lipinski definition) is 2. The second-order valence-electron chi connectivity index (χ2n) is 4.23. The van der Waals surface area contributed by atoms with Crippen molar-refractivity contribution < 1.29 is 17.6 Å². The summed E-state index contributed by atoms with van der Waals surface area (Å²) in [6, 6.07) is 2.14. The number of nitrogens with one attached hydrogen (secondary N) is 1. The summed E-state index contributed by atoms with van der Waals surface area (Å²) in [5, 5.41) is 11.0. The van der Waals surface area contributed by atoms with Crippen molar-refractivity contribution in [2.24, 2.45) is 5.14 Å². The minimum Gasteiger partial charge on any atom is -0.322 e. The number of primary sulfonamides is 1. The van der Waals surface area contributed by atoms with Crippen molar-refractivity contribution in [3.63, 3.8) is 0 Å². The quantitative estimate of drug-likeness (QED) is 0.839. The predicted molar refractivity (Wildman–Crippen MR) is 71.1 cm³/mol. The standard InChI is InChI=1S/C11H12FN5O3S/c1-7(17-6-14-5-15-17)11(18)16-10-4-8(21(13,19)20)2-3-9(10)12/h2-7H,1H3,(H,16,18)(H2,13,19,20). The Bertz CT molecular complexity index is 760. The average molecular weight is 313 g/mol. The van der Waals surface area contributed by atoms with Gasteiger partial charge in [-0.15, -0.1) is 0 Å². The lowest BCUT2D eigenvalue weighted by atomic mass is 10.2. The van der Waals surface area contributed by atoms with E-state index in [4.69, 9.17) is 5.14 Å². The second kappa shape index (κ2) is 5.58. The Morgan fingerprint density at radius 2 is 2.19 bits per heavy atom. The Hall–Kier alpha value is -2.33. The van der Waals surface area contributed by atoms with Crippen molar-refractivity contribution in [1.82, 2.24) is 14.8 Å². The molecule has 1 unspecified atom stereocenters. The Balaban J connectivity index is 2.25. The van der Waals surface area contributed by atoms with Gasteiger partial charge in [0.1, 0.15) is 24.5 Å². The third-order valence-electron chi connectivity index (χ3n) is 2.74. The van der Waals surface area contributed by atoms with Crippen LogP contribution in [0.15, 0.2) is 35.7 Å². The minimum atomic E-state index is -3.99. The fourth-order valence-electron chi connectivity index (χ4n) is 1.55. The van der Waals surface area contributed by atoms with Gasteiger partial charge in [0.05, 0.1) is 10.6 Å². The molecule has 1 heterocycles. The van der Waals surface area contributed by atoms with E-state index in [2.05, 4.69) is 15.4 Å². The average Bonchev–Trinajstić information content (AvgIpc) is 2.92. The number of anilines is 1. The van der Waals surface area contributed by atoms with E-state index in [1.54, 1.807) is 0 Å². The molecule has 0 bridgehead atoms. The van der Waals surface area contributed by atoms with Gasteiger partial charge in [-0.2, -0.15) is 5.10 Å². The van der Waals surface area contributed by atoms with Crippen LogP contribution in [0.5, 0.6) is 0 Å². The lowest BCUT2D eigenvalue weighted by Gasteiger charge is -2.13. The van der Waals surface area contributed by atoms with Gasteiger partial charge in [0.15, 0.2) is 0 Å². The molecule has 0 fully saturated rings. The van der Waals surface area contributed by atoms with Gasteiger partial charge in [0.2, 0.25) is 15.9 Å². The van der Waals surface area contributed by atoms with E-state index in [0.29, 0.717) is 0 Å². The van der Waals surface area contributed by atoms with Gasteiger partial charge in [-0.25, -0.2) is 27.6 Å². The van der Waals surface area contributed by atoms with Crippen molar-refractivity contribution in [3.05, 3.63) is 36.7 Å². The first kappa shape index (κ1) is 15.1. The molecule has 21 heavy (non-hydrogen) atoms. The maximum Gasteiger partial charge on any atom is 0.249 e. The van der Waals surface area contributed by atoms with Gasteiger partial charge in [-0.05, 0) is 25.1 Å². The number of carbonyl (C=O) groups is 1. The molecule has 0 saturated carbocycles. The summed E-state index contributed by atoms with van der Waals surface area (Å²) in [7, 11) is -3.99. The number of amides is 1. The molecule has 0 saturated heterocycles. The van der Waals surface area contributed by atoms with Crippen LogP contribution in [0.1, 0.15) is 13.0 Å². The summed E-state index contributed by atoms with van der Waals surface area (Å²) in [4.78, 5) is 15.4. The molecule has 0 aliphatic heterocycles. The molecule has 0 aliphatic carbocycles. The molecule has 8 nitrogen and oxygen atoms in total. The number of nitrogens with two attached hydrogens (primary N) is 1. The molecule has 112 valence electrons. The van der Waals surface area contributed by atoms with Crippen LogP contribution in [0.2, 0.25) is 0 Å². The number of benzene rings is 1. The van der Waals surface area contributed by atoms with E-state index in [-0.39, 0.29) is 10.6 Å². The number of rotatable bonds is 4. The van der Waals surface area contributed by atoms with E-state index in [9.17, 15) is 17.6 Å². The van der Waals surface area contributed by atoms with Crippen LogP contribution >= 0.6 is 0 Å². The van der Waals surface area contributed by atoms with Crippen molar-refractivity contribution >= 4 is 21.6 Å². The molecule has 3 N–H and O–H groups in total. The molecule has 1 aromatic heterocycles. The van der Waals surface area contributed by atoms with Crippen molar-refractivity contribution in [2.75, 3.05) is 5.32 Å². The first-order valence-electron chi connectivity index (χ1n) is 5.76. The molecule has 1 atom stereocenters. The van der Waals surface area contributed by atoms with E-state index >= 15 is 0 Å². The zero-order chi connectivity index (χ0) is 15.6. The summed E-state index contributed by atoms with van der Waals surface area (Å²) < 4.78 is 37.4. The Labute approximate surface area is 119 Å². The maximum absolute atomic E-state index is 13.6. The molecule has 0 spiro atoms. The molecule has 0 aliphatic rings. The van der Waals surface area contributed by atoms with E-state index < -0.39 is 27.8 Å². The molecule has 2 aromatic rings. The number of carbonyl (C=O) groups excluding carboxylic acids is 1. The van der Waals surface area contributed by atoms with Crippen molar-refractivity contribution in [1.29, 1.82) is 0 Å². The Kier molecular flexibility index (Phi) is 4.00. The summed E-state index contributed by atoms with van der Waals surface area (Å²) >= 11 is 0. The summed E-state index contributed by atoms with van der Waals surface area (Å²) in [5.74, 6) is -1.35. The fourth-order valence-corrected chi connectivity index (χ4v) is 2.09. The smallest absolute Gasteiger partial charge is 0.249 e. The zero-order valence-electron chi connectivity index (χ0n) is 10.9. The molecular formula is C11H12FN5O3S. The van der Waals surface area contributed by atoms with Crippen LogP contribution in [0.3, 0.4) is 0 Å². The topological polar surface area (TPSA) is 120 Å². The van der Waals surface area contributed by atoms with Gasteiger partial charge in [0.25, 0.3) is 0 Å². The van der Waals surface area contributed by atoms with Gasteiger partial charge in [-0.3, -0.25) is 4.79 Å². The van der Waals surface area contributed by atoms with Crippen LogP contribution in [-0.4, -0.2) is 29.1 Å². The molecule has 10 heteroatoms. The summed E-state index contributed by atoms with van der Waals surface area (Å²) in [6.07, 6.45) is 2.59. The van der Waals surface area contributed by atoms with Gasteiger partial charge >= 0.3 is 0 Å². The number of halogens is 1. The maximum atomic E-state index is 13.6. The van der Waals surface area contributed by atoms with Crippen molar-refractivity contribution in [3.8, 4) is 0 Å². The SMILES string of the molecule is CC(C(=O)Nc1cc(S(N)(=O)=O)ccc1F)n1cncn1. The van der Waals surface area contributed by atoms with Gasteiger partial charge < -0.3 is 5.32 Å². The number of sulfonamides is 1. The van der Waals surface area contributed by atoms with Crippen LogP contribution in [-0.2, 0) is 14.8 Å². The third-order valence-corrected chi connectivity index (χ3v) is 3.65. The fraction of sp³-hybridized carbons (Fsp3) is 0.182. The Morgan fingerprint density at radius 1 is 1.48 bits per heavy atom. The molecule has 1 amide bonds. The molecule has 2 rings (SSSR count). The van der Waals surface area contributed by atoms with Gasteiger partial charge in [0, 0.05) is 0 Å². The lowest BCUT2D eigenvalue weighted by molar-refractivity contribution is -0.119. The van der Waals surface area contributed by atoms with Gasteiger partial charge in [-0.1, -0.05) is 0 Å². The van der Waals surface area contributed by atoms with E-state index in [0.717, 1.165) is 18.2 Å². The monoisotopic (exact) mass is 313 g/mol. The second-order valence-corrected chi connectivity index (χ2v) is 5.79. The molecule has 1 aromatic carbocycles. The van der Waals surface area contributed by atoms with Crippen molar-refractivity contribution in [2.45, 2.75) is 17.9 Å². The third kappa shape index (κ3) is 3.41. The normalized spacial score (nSPS) is 12.9. The van der Waals surface area contributed by atoms with E-state index in [1.165, 1.54) is 24.3 Å². The predicted octanol–water partition coefficient (Wildman–Crippen LogP) is 0.264. The zero-order valence-corrected chi connectivity index (χ0v) is 11.7. The largest absolute Gasteiger partial charge is 0.322 e. The summed E-state index contributed by atoms with van der Waals surface area (Å²) in [5.41, 5.74) is -0.279. The first-order valence-corrected chi connectivity index (χ1v) is 7.31. The highest BCUT2D eigenvalue weighted by molar-refractivity contribution is 7.89. The number of aromatic nitrogens is 3. The summed E-state index contributed by atoms with van der Waals surface area (Å²) in [6.45, 7) is 1.53. The first-order chi connectivity index (χ1) is 9.79. The number of nitrogens with zero attached hydrogens (tertiary/aromatic N) is 3. The van der Waals surface area contributed by atoms with Crippen LogP contribution in [0, 0.1) is 5.82 Å². The van der Waals surface area contributed by atoms with Crippen LogP contribution in [0.4, 0.5) is 10.1 Å². The van der Waals surface area contributed by atoms with Crippen LogP contribution < -0.4 is 10.5 Å². The van der Waals surface area contributed by atoms with E-state index in [1.807, 2.05) is 0 Å². The lowest BCUT2D eigenvalue weighted by Crippen LogP contribution is -2.24. The molecular weight excluding hydrogens is 301 g/mol. The minimum absolute atomic E-state index is 0.279. The molecule has 0 radical (unpaired) electrons.